The van der Waals surface area contributed by atoms with Gasteiger partial charge in [-0.25, -0.2) is 9.67 Å². The molecule has 1 aromatic carbocycles. The maximum atomic E-state index is 6.00. The Balaban J connectivity index is 1.36. The molecular weight excluding hydrogens is 314 g/mol. The van der Waals surface area contributed by atoms with Crippen LogP contribution in [0.15, 0.2) is 55.1 Å². The van der Waals surface area contributed by atoms with Crippen LogP contribution in [0, 0.1) is 0 Å². The molecule has 0 bridgehead atoms. The number of aryl methyl sites for hydroxylation is 1. The van der Waals surface area contributed by atoms with Gasteiger partial charge in [0.1, 0.15) is 24.5 Å². The van der Waals surface area contributed by atoms with Crippen LogP contribution in [0.3, 0.4) is 0 Å². The van der Waals surface area contributed by atoms with Gasteiger partial charge in [0.05, 0.1) is 6.54 Å². The largest absolute Gasteiger partial charge is 0.489 e. The molecule has 0 saturated heterocycles. The van der Waals surface area contributed by atoms with Crippen LogP contribution in [0.5, 0.6) is 5.75 Å². The highest BCUT2D eigenvalue weighted by atomic mass is 16.5. The van der Waals surface area contributed by atoms with Gasteiger partial charge in [-0.05, 0) is 18.6 Å². The molecule has 6 heteroatoms. The molecule has 3 heterocycles. The molecular formula is C19H21N5O. The predicted octanol–water partition coefficient (Wildman–Crippen LogP) is 2.36. The van der Waals surface area contributed by atoms with Gasteiger partial charge in [-0.1, -0.05) is 24.3 Å². The van der Waals surface area contributed by atoms with Crippen molar-refractivity contribution in [3.63, 3.8) is 0 Å². The van der Waals surface area contributed by atoms with E-state index in [0.717, 1.165) is 48.6 Å². The van der Waals surface area contributed by atoms with Crippen LogP contribution in [0.4, 0.5) is 0 Å². The molecule has 6 nitrogen and oxygen atoms in total. The van der Waals surface area contributed by atoms with Gasteiger partial charge in [-0.2, -0.15) is 5.10 Å². The maximum Gasteiger partial charge on any atom is 0.138 e. The first kappa shape index (κ1) is 15.8. The SMILES string of the molecule is c1cncc(COc2ccccc2CN[C@@H]2CCc3ncnn3C2)c1. The summed E-state index contributed by atoms with van der Waals surface area (Å²) in [6, 6.07) is 12.5. The average molecular weight is 335 g/mol. The number of rotatable bonds is 6. The number of aromatic nitrogens is 4. The monoisotopic (exact) mass is 335 g/mol. The van der Waals surface area contributed by atoms with E-state index in [9.17, 15) is 0 Å². The smallest absolute Gasteiger partial charge is 0.138 e. The summed E-state index contributed by atoms with van der Waals surface area (Å²) < 4.78 is 7.99. The number of para-hydroxylation sites is 1. The topological polar surface area (TPSA) is 64.9 Å². The zero-order valence-electron chi connectivity index (χ0n) is 14.0. The molecule has 0 spiro atoms. The summed E-state index contributed by atoms with van der Waals surface area (Å²) in [5.74, 6) is 1.99. The van der Waals surface area contributed by atoms with Crippen molar-refractivity contribution in [1.82, 2.24) is 25.1 Å². The summed E-state index contributed by atoms with van der Waals surface area (Å²) in [6.07, 6.45) is 7.29. The second kappa shape index (κ2) is 7.44. The van der Waals surface area contributed by atoms with Gasteiger partial charge >= 0.3 is 0 Å². The molecule has 0 saturated carbocycles. The standard InChI is InChI=1S/C19H21N5O/c1-2-6-18(25-13-15-4-3-9-20-10-15)16(5-1)11-21-17-7-8-19-22-14-23-24(19)12-17/h1-6,9-10,14,17,21H,7-8,11-13H2/t17-/m1/s1. The van der Waals surface area contributed by atoms with Crippen molar-refractivity contribution in [2.45, 2.75) is 38.6 Å². The first-order chi connectivity index (χ1) is 12.4. The normalized spacial score (nSPS) is 16.4. The lowest BCUT2D eigenvalue weighted by Gasteiger charge is -2.24. The third-order valence-electron chi connectivity index (χ3n) is 4.48. The molecule has 1 atom stereocenters. The highest BCUT2D eigenvalue weighted by molar-refractivity contribution is 5.33. The summed E-state index contributed by atoms with van der Waals surface area (Å²) in [5, 5.41) is 7.90. The Hall–Kier alpha value is -2.73. The second-order valence-corrected chi connectivity index (χ2v) is 6.23. The molecule has 0 amide bonds. The van der Waals surface area contributed by atoms with Crippen LogP contribution >= 0.6 is 0 Å². The van der Waals surface area contributed by atoms with Gasteiger partial charge in [0.2, 0.25) is 0 Å². The fraction of sp³-hybridized carbons (Fsp3) is 0.316. The lowest BCUT2D eigenvalue weighted by atomic mass is 10.1. The number of pyridine rings is 1. The minimum Gasteiger partial charge on any atom is -0.489 e. The second-order valence-electron chi connectivity index (χ2n) is 6.23. The molecule has 4 rings (SSSR count). The first-order valence-corrected chi connectivity index (χ1v) is 8.58. The summed E-state index contributed by atoms with van der Waals surface area (Å²) in [4.78, 5) is 8.40. The van der Waals surface area contributed by atoms with Crippen molar-refractivity contribution in [2.24, 2.45) is 0 Å². The Morgan fingerprint density at radius 1 is 1.20 bits per heavy atom. The zero-order chi connectivity index (χ0) is 16.9. The quantitative estimate of drug-likeness (QED) is 0.749. The minimum atomic E-state index is 0.403. The minimum absolute atomic E-state index is 0.403. The fourth-order valence-corrected chi connectivity index (χ4v) is 3.09. The molecule has 128 valence electrons. The van der Waals surface area contributed by atoms with Crippen LogP contribution in [-0.4, -0.2) is 25.8 Å². The number of hydrogen-bond donors (Lipinski definition) is 1. The Bertz CT molecular complexity index is 817. The molecule has 0 fully saturated rings. The number of benzene rings is 1. The first-order valence-electron chi connectivity index (χ1n) is 8.58. The fourth-order valence-electron chi connectivity index (χ4n) is 3.09. The van der Waals surface area contributed by atoms with E-state index in [2.05, 4.69) is 26.4 Å². The Morgan fingerprint density at radius 3 is 3.08 bits per heavy atom. The molecule has 0 unspecified atom stereocenters. The molecule has 25 heavy (non-hydrogen) atoms. The summed E-state index contributed by atoms with van der Waals surface area (Å²) in [5.41, 5.74) is 2.23. The van der Waals surface area contributed by atoms with E-state index in [1.54, 1.807) is 12.5 Å². The molecule has 0 radical (unpaired) electrons. The lowest BCUT2D eigenvalue weighted by Crippen LogP contribution is -2.37. The van der Waals surface area contributed by atoms with E-state index < -0.39 is 0 Å². The summed E-state index contributed by atoms with van der Waals surface area (Å²) in [7, 11) is 0. The predicted molar refractivity (Wildman–Crippen MR) is 94.0 cm³/mol. The van der Waals surface area contributed by atoms with E-state index in [4.69, 9.17) is 4.74 Å². The molecule has 1 aliphatic heterocycles. The Kier molecular flexibility index (Phi) is 4.70. The molecule has 0 aliphatic carbocycles. The van der Waals surface area contributed by atoms with Gasteiger partial charge in [0.15, 0.2) is 0 Å². The molecule has 1 aliphatic rings. The third kappa shape index (κ3) is 3.85. The number of nitrogens with zero attached hydrogens (tertiary/aromatic N) is 4. The molecule has 3 aromatic rings. The van der Waals surface area contributed by atoms with Crippen LogP contribution < -0.4 is 10.1 Å². The van der Waals surface area contributed by atoms with Crippen molar-refractivity contribution >= 4 is 0 Å². The zero-order valence-corrected chi connectivity index (χ0v) is 14.0. The molecule has 2 aromatic heterocycles. The highest BCUT2D eigenvalue weighted by Crippen LogP contribution is 2.20. The number of hydrogen-bond acceptors (Lipinski definition) is 5. The van der Waals surface area contributed by atoms with Crippen LogP contribution in [0.1, 0.15) is 23.4 Å². The van der Waals surface area contributed by atoms with Gasteiger partial charge in [0, 0.05) is 42.5 Å². The molecule has 1 N–H and O–H groups in total. The third-order valence-corrected chi connectivity index (χ3v) is 4.48. The Morgan fingerprint density at radius 2 is 2.16 bits per heavy atom. The Labute approximate surface area is 146 Å². The van der Waals surface area contributed by atoms with E-state index >= 15 is 0 Å². The van der Waals surface area contributed by atoms with E-state index in [0.29, 0.717) is 12.6 Å². The lowest BCUT2D eigenvalue weighted by molar-refractivity contribution is 0.299. The number of fused-ring (bicyclic) bond motifs is 1. The maximum absolute atomic E-state index is 6.00. The number of ether oxygens (including phenoxy) is 1. The van der Waals surface area contributed by atoms with Crippen LogP contribution in [0.2, 0.25) is 0 Å². The highest BCUT2D eigenvalue weighted by Gasteiger charge is 2.19. The van der Waals surface area contributed by atoms with Gasteiger partial charge < -0.3 is 10.1 Å². The summed E-state index contributed by atoms with van der Waals surface area (Å²) >= 11 is 0. The van der Waals surface area contributed by atoms with E-state index in [1.165, 1.54) is 0 Å². The van der Waals surface area contributed by atoms with E-state index in [-0.39, 0.29) is 0 Å². The van der Waals surface area contributed by atoms with Crippen LogP contribution in [-0.2, 0) is 26.1 Å². The van der Waals surface area contributed by atoms with Crippen LogP contribution in [0.25, 0.3) is 0 Å². The van der Waals surface area contributed by atoms with Crippen molar-refractivity contribution in [1.29, 1.82) is 0 Å². The number of nitrogens with one attached hydrogen (secondary N) is 1. The van der Waals surface area contributed by atoms with Crippen molar-refractivity contribution in [3.8, 4) is 5.75 Å². The van der Waals surface area contributed by atoms with Crippen molar-refractivity contribution in [2.75, 3.05) is 0 Å². The van der Waals surface area contributed by atoms with E-state index in [1.807, 2.05) is 41.2 Å². The van der Waals surface area contributed by atoms with Gasteiger partial charge in [0.25, 0.3) is 0 Å². The summed E-state index contributed by atoms with van der Waals surface area (Å²) in [6.45, 7) is 2.17. The van der Waals surface area contributed by atoms with Gasteiger partial charge in [-0.15, -0.1) is 0 Å². The average Bonchev–Trinajstić information content (AvgIpc) is 3.14. The van der Waals surface area contributed by atoms with Crippen molar-refractivity contribution in [3.05, 3.63) is 72.1 Å². The van der Waals surface area contributed by atoms with Gasteiger partial charge in [-0.3, -0.25) is 4.98 Å². The van der Waals surface area contributed by atoms with Crippen molar-refractivity contribution < 1.29 is 4.74 Å².